The first kappa shape index (κ1) is 23.6. The summed E-state index contributed by atoms with van der Waals surface area (Å²) in [5.41, 5.74) is 4.31. The van der Waals surface area contributed by atoms with Crippen LogP contribution in [0.4, 0.5) is 0 Å². The maximum Gasteiger partial charge on any atom is 0.338 e. The number of hydrogen-bond acceptors (Lipinski definition) is 6. The van der Waals surface area contributed by atoms with Gasteiger partial charge in [-0.2, -0.15) is 5.26 Å². The van der Waals surface area contributed by atoms with Gasteiger partial charge in [-0.05, 0) is 37.5 Å². The van der Waals surface area contributed by atoms with E-state index in [1.54, 1.807) is 13.2 Å². The molecule has 0 aliphatic carbocycles. The molecule has 0 aromatic heterocycles. The van der Waals surface area contributed by atoms with Gasteiger partial charge in [0.1, 0.15) is 12.4 Å². The molecular formula is C25H31N3O4. The van der Waals surface area contributed by atoms with Crippen LogP contribution < -0.4 is 0 Å². The second kappa shape index (κ2) is 11.0. The third-order valence-electron chi connectivity index (χ3n) is 6.00. The minimum Gasteiger partial charge on any atom is -0.496 e. The van der Waals surface area contributed by atoms with Gasteiger partial charge in [0.05, 0.1) is 24.3 Å². The first-order chi connectivity index (χ1) is 15.4. The Kier molecular flexibility index (Phi) is 8.07. The van der Waals surface area contributed by atoms with Crippen molar-refractivity contribution in [1.82, 2.24) is 9.80 Å². The molecule has 0 unspecified atom stereocenters. The van der Waals surface area contributed by atoms with E-state index < -0.39 is 0 Å². The Morgan fingerprint density at radius 1 is 1.28 bits per heavy atom. The Balaban J connectivity index is 1.46. The van der Waals surface area contributed by atoms with Crippen LogP contribution in [0.3, 0.4) is 0 Å². The summed E-state index contributed by atoms with van der Waals surface area (Å²) in [6, 6.07) is 8.08. The number of hydrogen-bond donors (Lipinski definition) is 0. The van der Waals surface area contributed by atoms with Gasteiger partial charge in [-0.3, -0.25) is 9.69 Å². The normalized spacial score (nSPS) is 17.4. The van der Waals surface area contributed by atoms with Crippen LogP contribution in [0.2, 0.25) is 0 Å². The molecular weight excluding hydrogens is 406 g/mol. The average Bonchev–Trinajstić information content (AvgIpc) is 3.18. The molecule has 1 fully saturated rings. The van der Waals surface area contributed by atoms with Crippen molar-refractivity contribution in [3.8, 4) is 6.07 Å². The zero-order chi connectivity index (χ0) is 23.1. The molecule has 1 aromatic rings. The summed E-state index contributed by atoms with van der Waals surface area (Å²) < 4.78 is 10.4. The number of carbonyl (C=O) groups excluding carboxylic acids is 2. The summed E-state index contributed by atoms with van der Waals surface area (Å²) in [7, 11) is 1.54. The maximum atomic E-state index is 12.7. The number of esters is 1. The predicted molar refractivity (Wildman–Crippen MR) is 121 cm³/mol. The third kappa shape index (κ3) is 5.77. The molecule has 0 saturated carbocycles. The number of allylic oxidation sites excluding steroid dienone is 2. The zero-order valence-corrected chi connectivity index (χ0v) is 19.1. The maximum absolute atomic E-state index is 12.7. The zero-order valence-electron chi connectivity index (χ0n) is 19.1. The molecule has 0 radical (unpaired) electrons. The van der Waals surface area contributed by atoms with Gasteiger partial charge in [-0.1, -0.05) is 24.6 Å². The van der Waals surface area contributed by atoms with Crippen molar-refractivity contribution in [1.29, 1.82) is 5.26 Å². The van der Waals surface area contributed by atoms with Crippen molar-refractivity contribution in [3.05, 3.63) is 57.9 Å². The van der Waals surface area contributed by atoms with E-state index in [0.29, 0.717) is 49.4 Å². The molecule has 170 valence electrons. The molecule has 32 heavy (non-hydrogen) atoms. The highest BCUT2D eigenvalue weighted by molar-refractivity contribution is 5.93. The fraction of sp³-hybridized carbons (Fsp3) is 0.480. The number of benzene rings is 1. The summed E-state index contributed by atoms with van der Waals surface area (Å²) in [6.07, 6.45) is 3.62. The molecule has 1 amide bonds. The summed E-state index contributed by atoms with van der Waals surface area (Å²) in [4.78, 5) is 28.6. The van der Waals surface area contributed by atoms with E-state index in [1.165, 1.54) is 5.56 Å². The van der Waals surface area contributed by atoms with Gasteiger partial charge in [0, 0.05) is 44.7 Å². The predicted octanol–water partition coefficient (Wildman–Crippen LogP) is 3.21. The molecule has 2 heterocycles. The molecule has 0 atom stereocenters. The van der Waals surface area contributed by atoms with Gasteiger partial charge in [0.2, 0.25) is 5.91 Å². The number of rotatable bonds is 8. The van der Waals surface area contributed by atoms with Crippen LogP contribution >= 0.6 is 0 Å². The van der Waals surface area contributed by atoms with E-state index in [2.05, 4.69) is 17.0 Å². The Labute approximate surface area is 189 Å². The molecule has 0 bridgehead atoms. The smallest absolute Gasteiger partial charge is 0.338 e. The quantitative estimate of drug-likeness (QED) is 0.269. The lowest BCUT2D eigenvalue weighted by atomic mass is 10.0. The van der Waals surface area contributed by atoms with Crippen molar-refractivity contribution < 1.29 is 19.1 Å². The van der Waals surface area contributed by atoms with Crippen molar-refractivity contribution >= 4 is 11.9 Å². The van der Waals surface area contributed by atoms with Gasteiger partial charge < -0.3 is 14.4 Å². The Morgan fingerprint density at radius 3 is 2.69 bits per heavy atom. The number of nitriles is 1. The molecule has 2 aliphatic heterocycles. The van der Waals surface area contributed by atoms with Gasteiger partial charge in [0.15, 0.2) is 0 Å². The van der Waals surface area contributed by atoms with Crippen molar-refractivity contribution in [2.45, 2.75) is 39.7 Å². The van der Waals surface area contributed by atoms with Crippen LogP contribution in [0.15, 0.2) is 41.2 Å². The van der Waals surface area contributed by atoms with Crippen LogP contribution in [0.5, 0.6) is 0 Å². The second-order valence-electron chi connectivity index (χ2n) is 8.22. The number of cyclic esters (lactones) is 1. The fourth-order valence-electron chi connectivity index (χ4n) is 4.05. The Hall–Kier alpha value is -3.11. The number of piperazine rings is 1. The number of fused-ring (bicyclic) bond motifs is 1. The van der Waals surface area contributed by atoms with Gasteiger partial charge in [0.25, 0.3) is 0 Å². The van der Waals surface area contributed by atoms with Gasteiger partial charge in [-0.15, -0.1) is 0 Å². The molecule has 0 N–H and O–H groups in total. The fourth-order valence-corrected chi connectivity index (χ4v) is 4.05. The highest BCUT2D eigenvalue weighted by Crippen LogP contribution is 2.21. The van der Waals surface area contributed by atoms with E-state index >= 15 is 0 Å². The van der Waals surface area contributed by atoms with E-state index in [1.807, 2.05) is 30.9 Å². The van der Waals surface area contributed by atoms with Gasteiger partial charge >= 0.3 is 5.97 Å². The third-order valence-corrected chi connectivity index (χ3v) is 6.00. The van der Waals surface area contributed by atoms with Crippen molar-refractivity contribution in [2.24, 2.45) is 0 Å². The monoisotopic (exact) mass is 437 g/mol. The van der Waals surface area contributed by atoms with Crippen molar-refractivity contribution in [2.75, 3.05) is 39.8 Å². The molecule has 0 spiro atoms. The lowest BCUT2D eigenvalue weighted by molar-refractivity contribution is -0.132. The topological polar surface area (TPSA) is 82.9 Å². The number of ether oxygens (including phenoxy) is 2. The molecule has 1 aromatic carbocycles. The van der Waals surface area contributed by atoms with Gasteiger partial charge in [-0.25, -0.2) is 4.79 Å². The average molecular weight is 438 g/mol. The molecule has 2 aliphatic rings. The van der Waals surface area contributed by atoms with Crippen LogP contribution in [-0.4, -0.2) is 61.5 Å². The number of nitrogens with zero attached hydrogens (tertiary/aromatic N) is 3. The van der Waals surface area contributed by atoms with Crippen LogP contribution in [-0.2, 0) is 27.3 Å². The molecule has 3 rings (SSSR count). The number of amides is 1. The molecule has 7 heteroatoms. The summed E-state index contributed by atoms with van der Waals surface area (Å²) >= 11 is 0. The first-order valence-electron chi connectivity index (χ1n) is 11.1. The SMILES string of the molecule is CCC(C#N)=C(C=C(C)CC(=O)N1CCN(CCc2ccc3c(c2)COC3=O)CC1)OC. The lowest BCUT2D eigenvalue weighted by Gasteiger charge is -2.35. The molecule has 7 nitrogen and oxygen atoms in total. The van der Waals surface area contributed by atoms with E-state index in [0.717, 1.165) is 37.2 Å². The van der Waals surface area contributed by atoms with E-state index in [4.69, 9.17) is 9.47 Å². The highest BCUT2D eigenvalue weighted by atomic mass is 16.5. The van der Waals surface area contributed by atoms with Crippen LogP contribution in [0.25, 0.3) is 0 Å². The summed E-state index contributed by atoms with van der Waals surface area (Å²) in [6.45, 7) is 8.21. The van der Waals surface area contributed by atoms with Crippen LogP contribution in [0.1, 0.15) is 48.2 Å². The highest BCUT2D eigenvalue weighted by Gasteiger charge is 2.23. The largest absolute Gasteiger partial charge is 0.496 e. The standard InChI is InChI=1S/C25H31N3O4/c1-4-20(16-26)23(31-3)13-18(2)14-24(29)28-11-9-27(10-12-28)8-7-19-5-6-22-21(15-19)17-32-25(22)30/h5-6,13,15H,4,7-12,14,17H2,1-3H3. The molecule has 1 saturated heterocycles. The Morgan fingerprint density at radius 2 is 2.03 bits per heavy atom. The van der Waals surface area contributed by atoms with Crippen LogP contribution in [0, 0.1) is 11.3 Å². The minimum absolute atomic E-state index is 0.104. The van der Waals surface area contributed by atoms with E-state index in [9.17, 15) is 14.9 Å². The lowest BCUT2D eigenvalue weighted by Crippen LogP contribution is -2.49. The number of methoxy groups -OCH3 is 1. The minimum atomic E-state index is -0.234. The van der Waals surface area contributed by atoms with Crippen molar-refractivity contribution in [3.63, 3.8) is 0 Å². The summed E-state index contributed by atoms with van der Waals surface area (Å²) in [5, 5.41) is 9.20. The first-order valence-corrected chi connectivity index (χ1v) is 11.1. The summed E-state index contributed by atoms with van der Waals surface area (Å²) in [5.74, 6) is 0.405. The number of carbonyl (C=O) groups is 2. The van der Waals surface area contributed by atoms with E-state index in [-0.39, 0.29) is 11.9 Å². The second-order valence-corrected chi connectivity index (χ2v) is 8.22. The Bertz CT molecular complexity index is 966.